The molecule has 0 N–H and O–H groups in total. The molecule has 6 heteroatoms. The summed E-state index contributed by atoms with van der Waals surface area (Å²) in [5, 5.41) is 1.87. The van der Waals surface area contributed by atoms with E-state index in [2.05, 4.69) is 4.90 Å². The molecule has 2 heterocycles. The largest absolute Gasteiger partial charge is 0.496 e. The molecule has 0 spiro atoms. The maximum Gasteiger partial charge on any atom is 0.254 e. The SMILES string of the molecule is COc1ccc(C(=O)N2CCN(CC(=O)N3CCCCCC3)CC2)c2ccccc12. The number of fused-ring (bicyclic) bond motifs is 1. The van der Waals surface area contributed by atoms with Crippen LogP contribution in [0.1, 0.15) is 36.0 Å². The van der Waals surface area contributed by atoms with E-state index in [4.69, 9.17) is 4.74 Å². The van der Waals surface area contributed by atoms with Crippen LogP contribution < -0.4 is 4.74 Å². The summed E-state index contributed by atoms with van der Waals surface area (Å²) in [6.45, 7) is 5.01. The Morgan fingerprint density at radius 2 is 1.47 bits per heavy atom. The van der Waals surface area contributed by atoms with Crippen molar-refractivity contribution < 1.29 is 14.3 Å². The van der Waals surface area contributed by atoms with E-state index in [0.717, 1.165) is 55.5 Å². The van der Waals surface area contributed by atoms with E-state index >= 15 is 0 Å². The molecule has 0 aromatic heterocycles. The molecule has 2 fully saturated rings. The van der Waals surface area contributed by atoms with E-state index in [1.54, 1.807) is 7.11 Å². The lowest BCUT2D eigenvalue weighted by atomic mass is 10.0. The molecular weight excluding hydrogens is 378 g/mol. The molecule has 2 aromatic carbocycles. The second-order valence-corrected chi connectivity index (χ2v) is 8.22. The number of rotatable bonds is 4. The van der Waals surface area contributed by atoms with Crippen molar-refractivity contribution in [3.63, 3.8) is 0 Å². The van der Waals surface area contributed by atoms with Crippen LogP contribution in [-0.2, 0) is 4.79 Å². The molecule has 0 bridgehead atoms. The lowest BCUT2D eigenvalue weighted by Gasteiger charge is -2.35. The minimum Gasteiger partial charge on any atom is -0.496 e. The van der Waals surface area contributed by atoms with Crippen molar-refractivity contribution in [2.24, 2.45) is 0 Å². The number of nitrogens with zero attached hydrogens (tertiary/aromatic N) is 3. The van der Waals surface area contributed by atoms with Crippen LogP contribution in [-0.4, -0.2) is 79.4 Å². The number of hydrogen-bond donors (Lipinski definition) is 0. The Kier molecular flexibility index (Phi) is 6.53. The zero-order valence-corrected chi connectivity index (χ0v) is 17.8. The molecule has 4 rings (SSSR count). The van der Waals surface area contributed by atoms with Gasteiger partial charge in [-0.3, -0.25) is 14.5 Å². The fourth-order valence-electron chi connectivity index (χ4n) is 4.53. The van der Waals surface area contributed by atoms with Crippen molar-refractivity contribution in [2.75, 3.05) is 52.9 Å². The zero-order chi connectivity index (χ0) is 20.9. The van der Waals surface area contributed by atoms with E-state index in [-0.39, 0.29) is 11.8 Å². The van der Waals surface area contributed by atoms with Gasteiger partial charge in [0.05, 0.1) is 13.7 Å². The zero-order valence-electron chi connectivity index (χ0n) is 17.8. The number of hydrogen-bond acceptors (Lipinski definition) is 4. The minimum atomic E-state index is 0.0485. The van der Waals surface area contributed by atoms with Gasteiger partial charge in [-0.2, -0.15) is 0 Å². The molecule has 0 aliphatic carbocycles. The van der Waals surface area contributed by atoms with Crippen LogP contribution in [0.4, 0.5) is 0 Å². The minimum absolute atomic E-state index is 0.0485. The van der Waals surface area contributed by atoms with Crippen LogP contribution in [0.3, 0.4) is 0 Å². The number of piperazine rings is 1. The molecule has 2 amide bonds. The number of likely N-dealkylation sites (tertiary alicyclic amines) is 1. The van der Waals surface area contributed by atoms with Crippen LogP contribution in [0.25, 0.3) is 10.8 Å². The highest BCUT2D eigenvalue weighted by atomic mass is 16.5. The maximum absolute atomic E-state index is 13.2. The Morgan fingerprint density at radius 1 is 0.800 bits per heavy atom. The van der Waals surface area contributed by atoms with Gasteiger partial charge in [0.1, 0.15) is 5.75 Å². The molecule has 0 atom stereocenters. The van der Waals surface area contributed by atoms with Gasteiger partial charge in [-0.1, -0.05) is 37.1 Å². The molecular formula is C24H31N3O3. The summed E-state index contributed by atoms with van der Waals surface area (Å²) in [6, 6.07) is 11.6. The molecule has 0 unspecified atom stereocenters. The van der Waals surface area contributed by atoms with Gasteiger partial charge in [0.25, 0.3) is 5.91 Å². The number of carbonyl (C=O) groups excluding carboxylic acids is 2. The standard InChI is InChI=1S/C24H31N3O3/c1-30-22-11-10-21(19-8-4-5-9-20(19)22)24(29)27-16-14-25(15-17-27)18-23(28)26-12-6-2-3-7-13-26/h4-5,8-11H,2-3,6-7,12-18H2,1H3. The second kappa shape index (κ2) is 9.47. The van der Waals surface area contributed by atoms with E-state index in [9.17, 15) is 9.59 Å². The average Bonchev–Trinajstić information content (AvgIpc) is 3.08. The molecule has 2 saturated heterocycles. The van der Waals surface area contributed by atoms with Crippen LogP contribution >= 0.6 is 0 Å². The summed E-state index contributed by atoms with van der Waals surface area (Å²) < 4.78 is 5.45. The van der Waals surface area contributed by atoms with Crippen molar-refractivity contribution in [2.45, 2.75) is 25.7 Å². The predicted molar refractivity (Wildman–Crippen MR) is 118 cm³/mol. The van der Waals surface area contributed by atoms with Gasteiger partial charge < -0.3 is 14.5 Å². The summed E-state index contributed by atoms with van der Waals surface area (Å²) in [5.41, 5.74) is 0.709. The molecule has 160 valence electrons. The predicted octanol–water partition coefficient (Wildman–Crippen LogP) is 3.01. The van der Waals surface area contributed by atoms with E-state index in [1.807, 2.05) is 46.2 Å². The van der Waals surface area contributed by atoms with Gasteiger partial charge in [-0.05, 0) is 30.4 Å². The van der Waals surface area contributed by atoms with Gasteiger partial charge in [0.2, 0.25) is 5.91 Å². The van der Waals surface area contributed by atoms with Gasteiger partial charge in [0.15, 0.2) is 0 Å². The van der Waals surface area contributed by atoms with E-state index in [0.29, 0.717) is 25.2 Å². The van der Waals surface area contributed by atoms with Crippen LogP contribution in [0.15, 0.2) is 36.4 Å². The summed E-state index contributed by atoms with van der Waals surface area (Å²) in [7, 11) is 1.65. The van der Waals surface area contributed by atoms with E-state index < -0.39 is 0 Å². The number of benzene rings is 2. The second-order valence-electron chi connectivity index (χ2n) is 8.22. The van der Waals surface area contributed by atoms with Gasteiger partial charge >= 0.3 is 0 Å². The quantitative estimate of drug-likeness (QED) is 0.779. The number of ether oxygens (including phenoxy) is 1. The molecule has 0 saturated carbocycles. The normalized spacial score (nSPS) is 18.3. The maximum atomic E-state index is 13.2. The van der Waals surface area contributed by atoms with Crippen molar-refractivity contribution >= 4 is 22.6 Å². The highest BCUT2D eigenvalue weighted by molar-refractivity contribution is 6.08. The summed E-state index contributed by atoms with van der Waals surface area (Å²) in [6.07, 6.45) is 4.68. The Bertz CT molecular complexity index is 898. The third-order valence-corrected chi connectivity index (χ3v) is 6.31. The first kappa shape index (κ1) is 20.7. The van der Waals surface area contributed by atoms with Crippen LogP contribution in [0.2, 0.25) is 0 Å². The Morgan fingerprint density at radius 3 is 2.13 bits per heavy atom. The van der Waals surface area contributed by atoms with Crippen molar-refractivity contribution in [1.82, 2.24) is 14.7 Å². The van der Waals surface area contributed by atoms with Crippen molar-refractivity contribution in [3.8, 4) is 5.75 Å². The van der Waals surface area contributed by atoms with Gasteiger partial charge in [0, 0.05) is 50.2 Å². The van der Waals surface area contributed by atoms with Gasteiger partial charge in [-0.25, -0.2) is 0 Å². The fourth-order valence-corrected chi connectivity index (χ4v) is 4.53. The van der Waals surface area contributed by atoms with Crippen molar-refractivity contribution in [3.05, 3.63) is 42.0 Å². The molecule has 2 aliphatic rings. The Hall–Kier alpha value is -2.60. The lowest BCUT2D eigenvalue weighted by molar-refractivity contribution is -0.132. The smallest absolute Gasteiger partial charge is 0.254 e. The first-order valence-electron chi connectivity index (χ1n) is 11.0. The lowest BCUT2D eigenvalue weighted by Crippen LogP contribution is -2.51. The first-order valence-corrected chi connectivity index (χ1v) is 11.0. The van der Waals surface area contributed by atoms with Crippen LogP contribution in [0, 0.1) is 0 Å². The van der Waals surface area contributed by atoms with E-state index in [1.165, 1.54) is 12.8 Å². The summed E-state index contributed by atoms with van der Waals surface area (Å²) in [4.78, 5) is 32.0. The highest BCUT2D eigenvalue weighted by Gasteiger charge is 2.26. The number of carbonyl (C=O) groups is 2. The third-order valence-electron chi connectivity index (χ3n) is 6.31. The molecule has 2 aromatic rings. The molecule has 0 radical (unpaired) electrons. The summed E-state index contributed by atoms with van der Waals surface area (Å²) in [5.74, 6) is 1.06. The Balaban J connectivity index is 1.38. The fraction of sp³-hybridized carbons (Fsp3) is 0.500. The number of methoxy groups -OCH3 is 1. The highest BCUT2D eigenvalue weighted by Crippen LogP contribution is 2.29. The topological polar surface area (TPSA) is 53.1 Å². The summed E-state index contributed by atoms with van der Waals surface area (Å²) >= 11 is 0. The molecule has 2 aliphatic heterocycles. The Labute approximate surface area is 178 Å². The van der Waals surface area contributed by atoms with Gasteiger partial charge in [-0.15, -0.1) is 0 Å². The third kappa shape index (κ3) is 4.43. The molecule has 30 heavy (non-hydrogen) atoms. The van der Waals surface area contributed by atoms with Crippen LogP contribution in [0.5, 0.6) is 5.75 Å². The monoisotopic (exact) mass is 409 g/mol. The first-order chi connectivity index (χ1) is 14.7. The molecule has 6 nitrogen and oxygen atoms in total. The average molecular weight is 410 g/mol. The van der Waals surface area contributed by atoms with Crippen molar-refractivity contribution in [1.29, 1.82) is 0 Å². The number of amides is 2.